The van der Waals surface area contributed by atoms with Crippen LogP contribution in [-0.2, 0) is 0 Å². The molecule has 1 aromatic carbocycles. The molecule has 2 N–H and O–H groups in total. The second kappa shape index (κ2) is 5.10. The average molecular weight is 232 g/mol. The molecule has 0 bridgehead atoms. The second-order valence-electron chi connectivity index (χ2n) is 4.26. The summed E-state index contributed by atoms with van der Waals surface area (Å²) in [6, 6.07) is 7.08. The summed E-state index contributed by atoms with van der Waals surface area (Å²) in [5.41, 5.74) is 0.947. The zero-order chi connectivity index (χ0) is 12.3. The Morgan fingerprint density at radius 3 is 2.59 bits per heavy atom. The van der Waals surface area contributed by atoms with Gasteiger partial charge in [-0.1, -0.05) is 18.2 Å². The first-order chi connectivity index (χ1) is 8.18. The maximum absolute atomic E-state index is 12.0. The average Bonchev–Trinajstić information content (AvgIpc) is 2.81. The predicted octanol–water partition coefficient (Wildman–Crippen LogP) is 0.981. The first-order valence-electron chi connectivity index (χ1n) is 5.80. The Balaban J connectivity index is 2.15. The van der Waals surface area contributed by atoms with Gasteiger partial charge in [0, 0.05) is 18.2 Å². The van der Waals surface area contributed by atoms with Gasteiger partial charge in [-0.15, -0.1) is 0 Å². The maximum atomic E-state index is 12.0. The van der Waals surface area contributed by atoms with Crippen LogP contribution in [0, 0.1) is 0 Å². The lowest BCUT2D eigenvalue weighted by atomic mass is 10.0. The van der Waals surface area contributed by atoms with Crippen LogP contribution in [0.15, 0.2) is 24.3 Å². The summed E-state index contributed by atoms with van der Waals surface area (Å²) in [6.45, 7) is 3.20. The van der Waals surface area contributed by atoms with Crippen molar-refractivity contribution in [2.75, 3.05) is 13.1 Å². The molecule has 1 unspecified atom stereocenters. The van der Waals surface area contributed by atoms with Crippen LogP contribution >= 0.6 is 0 Å². The number of hydrogen-bond acceptors (Lipinski definition) is 3. The number of carbonyl (C=O) groups is 2. The van der Waals surface area contributed by atoms with Crippen molar-refractivity contribution >= 4 is 11.7 Å². The van der Waals surface area contributed by atoms with Crippen molar-refractivity contribution in [3.05, 3.63) is 35.4 Å². The third-order valence-electron chi connectivity index (χ3n) is 2.95. The molecular formula is C13H16N2O2. The van der Waals surface area contributed by atoms with Gasteiger partial charge in [-0.05, 0) is 26.0 Å². The zero-order valence-electron chi connectivity index (χ0n) is 9.82. The van der Waals surface area contributed by atoms with Crippen molar-refractivity contribution in [1.82, 2.24) is 10.6 Å². The first kappa shape index (κ1) is 11.8. The van der Waals surface area contributed by atoms with E-state index in [1.165, 1.54) is 6.92 Å². The first-order valence-corrected chi connectivity index (χ1v) is 5.80. The van der Waals surface area contributed by atoms with E-state index in [1.54, 1.807) is 24.3 Å². The topological polar surface area (TPSA) is 58.2 Å². The lowest BCUT2D eigenvalue weighted by molar-refractivity contribution is 0.0927. The van der Waals surface area contributed by atoms with Crippen LogP contribution in [0.5, 0.6) is 0 Å². The van der Waals surface area contributed by atoms with Gasteiger partial charge in [0.15, 0.2) is 5.78 Å². The largest absolute Gasteiger partial charge is 0.348 e. The SMILES string of the molecule is CC(=O)c1ccccc1C(=O)NC1CCNC1. The standard InChI is InChI=1S/C13H16N2O2/c1-9(16)11-4-2-3-5-12(11)13(17)15-10-6-7-14-8-10/h2-5,10,14H,6-8H2,1H3,(H,15,17). The van der Waals surface area contributed by atoms with Crippen molar-refractivity contribution in [3.63, 3.8) is 0 Å². The number of ketones is 1. The zero-order valence-corrected chi connectivity index (χ0v) is 9.82. The molecule has 1 heterocycles. The summed E-state index contributed by atoms with van der Waals surface area (Å²) >= 11 is 0. The third kappa shape index (κ3) is 2.71. The van der Waals surface area contributed by atoms with Gasteiger partial charge in [-0.25, -0.2) is 0 Å². The lowest BCUT2D eigenvalue weighted by Crippen LogP contribution is -2.36. The van der Waals surface area contributed by atoms with Gasteiger partial charge in [0.25, 0.3) is 5.91 Å². The Bertz CT molecular complexity index is 437. The van der Waals surface area contributed by atoms with E-state index in [2.05, 4.69) is 10.6 Å². The minimum Gasteiger partial charge on any atom is -0.348 e. The number of Topliss-reactive ketones (excluding diaryl/α,β-unsaturated/α-hetero) is 1. The molecule has 1 amide bonds. The summed E-state index contributed by atoms with van der Waals surface area (Å²) in [7, 11) is 0. The molecule has 0 aromatic heterocycles. The predicted molar refractivity (Wildman–Crippen MR) is 65.2 cm³/mol. The highest BCUT2D eigenvalue weighted by Gasteiger charge is 2.19. The van der Waals surface area contributed by atoms with Crippen LogP contribution in [0.4, 0.5) is 0 Å². The molecule has 1 atom stereocenters. The molecule has 0 radical (unpaired) electrons. The van der Waals surface area contributed by atoms with E-state index in [9.17, 15) is 9.59 Å². The molecule has 4 nitrogen and oxygen atoms in total. The van der Waals surface area contributed by atoms with Crippen LogP contribution < -0.4 is 10.6 Å². The van der Waals surface area contributed by atoms with E-state index in [1.807, 2.05) is 0 Å². The van der Waals surface area contributed by atoms with E-state index in [4.69, 9.17) is 0 Å². The van der Waals surface area contributed by atoms with Gasteiger partial charge < -0.3 is 10.6 Å². The number of amides is 1. The molecule has 0 saturated carbocycles. The summed E-state index contributed by atoms with van der Waals surface area (Å²) < 4.78 is 0. The van der Waals surface area contributed by atoms with Crippen LogP contribution in [-0.4, -0.2) is 30.8 Å². The molecule has 90 valence electrons. The third-order valence-corrected chi connectivity index (χ3v) is 2.95. The van der Waals surface area contributed by atoms with Crippen molar-refractivity contribution < 1.29 is 9.59 Å². The molecule has 2 rings (SSSR count). The Morgan fingerprint density at radius 2 is 2.00 bits per heavy atom. The monoisotopic (exact) mass is 232 g/mol. The molecule has 1 aliphatic heterocycles. The number of rotatable bonds is 3. The van der Waals surface area contributed by atoms with Crippen molar-refractivity contribution in [3.8, 4) is 0 Å². The van der Waals surface area contributed by atoms with E-state index in [0.29, 0.717) is 11.1 Å². The Hall–Kier alpha value is -1.68. The van der Waals surface area contributed by atoms with E-state index >= 15 is 0 Å². The Morgan fingerprint density at radius 1 is 1.29 bits per heavy atom. The highest BCUT2D eigenvalue weighted by Crippen LogP contribution is 2.10. The number of nitrogens with one attached hydrogen (secondary N) is 2. The molecule has 0 aliphatic carbocycles. The number of carbonyl (C=O) groups excluding carboxylic acids is 2. The minimum atomic E-state index is -0.162. The quantitative estimate of drug-likeness (QED) is 0.764. The van der Waals surface area contributed by atoms with E-state index in [0.717, 1.165) is 19.5 Å². The molecule has 17 heavy (non-hydrogen) atoms. The van der Waals surface area contributed by atoms with Gasteiger partial charge in [0.1, 0.15) is 0 Å². The lowest BCUT2D eigenvalue weighted by Gasteiger charge is -2.12. The minimum absolute atomic E-state index is 0.0831. The van der Waals surface area contributed by atoms with Gasteiger partial charge >= 0.3 is 0 Å². The smallest absolute Gasteiger partial charge is 0.252 e. The number of hydrogen-bond donors (Lipinski definition) is 2. The number of benzene rings is 1. The summed E-state index contributed by atoms with van der Waals surface area (Å²) in [5.74, 6) is -0.246. The van der Waals surface area contributed by atoms with Crippen LogP contribution in [0.3, 0.4) is 0 Å². The molecule has 1 fully saturated rings. The van der Waals surface area contributed by atoms with Gasteiger partial charge in [-0.3, -0.25) is 9.59 Å². The molecule has 0 spiro atoms. The van der Waals surface area contributed by atoms with Crippen LogP contribution in [0.25, 0.3) is 0 Å². The van der Waals surface area contributed by atoms with E-state index < -0.39 is 0 Å². The Labute approximate surface area is 100 Å². The molecule has 1 aliphatic rings. The van der Waals surface area contributed by atoms with Crippen LogP contribution in [0.2, 0.25) is 0 Å². The van der Waals surface area contributed by atoms with Crippen molar-refractivity contribution in [2.45, 2.75) is 19.4 Å². The normalized spacial score (nSPS) is 19.0. The van der Waals surface area contributed by atoms with Gasteiger partial charge in [-0.2, -0.15) is 0 Å². The molecule has 4 heteroatoms. The highest BCUT2D eigenvalue weighted by molar-refractivity contribution is 6.07. The second-order valence-corrected chi connectivity index (χ2v) is 4.26. The molecular weight excluding hydrogens is 216 g/mol. The summed E-state index contributed by atoms with van der Waals surface area (Å²) in [6.07, 6.45) is 0.938. The maximum Gasteiger partial charge on any atom is 0.252 e. The fraction of sp³-hybridized carbons (Fsp3) is 0.385. The van der Waals surface area contributed by atoms with Gasteiger partial charge in [0.2, 0.25) is 0 Å². The Kier molecular flexibility index (Phi) is 3.54. The molecule has 1 aromatic rings. The van der Waals surface area contributed by atoms with Crippen molar-refractivity contribution in [1.29, 1.82) is 0 Å². The van der Waals surface area contributed by atoms with Crippen molar-refractivity contribution in [2.24, 2.45) is 0 Å². The molecule has 1 saturated heterocycles. The van der Waals surface area contributed by atoms with Gasteiger partial charge in [0.05, 0.1) is 5.56 Å². The van der Waals surface area contributed by atoms with E-state index in [-0.39, 0.29) is 17.7 Å². The fourth-order valence-electron chi connectivity index (χ4n) is 2.03. The highest BCUT2D eigenvalue weighted by atomic mass is 16.2. The van der Waals surface area contributed by atoms with Crippen LogP contribution in [0.1, 0.15) is 34.1 Å². The summed E-state index contributed by atoms with van der Waals surface area (Å²) in [4.78, 5) is 23.5. The fourth-order valence-corrected chi connectivity index (χ4v) is 2.03. The summed E-state index contributed by atoms with van der Waals surface area (Å²) in [5, 5.41) is 6.12.